The van der Waals surface area contributed by atoms with Gasteiger partial charge in [0.05, 0.1) is 18.3 Å². The van der Waals surface area contributed by atoms with Crippen molar-refractivity contribution in [3.63, 3.8) is 0 Å². The van der Waals surface area contributed by atoms with Crippen LogP contribution in [0.4, 0.5) is 0 Å². The van der Waals surface area contributed by atoms with E-state index in [4.69, 9.17) is 15.2 Å². The molecule has 200 valence electrons. The Balaban J connectivity index is 1.47. The minimum absolute atomic E-state index is 0.0635. The van der Waals surface area contributed by atoms with Crippen LogP contribution in [0.5, 0.6) is 0 Å². The van der Waals surface area contributed by atoms with Crippen molar-refractivity contribution in [2.45, 2.75) is 44.0 Å². The lowest BCUT2D eigenvalue weighted by molar-refractivity contribution is -0.0123. The molecular formula is C33H36N4O2. The Kier molecular flexibility index (Phi) is 7.79. The fraction of sp³-hybridized carbons (Fsp3) is 0.333. The highest BCUT2D eigenvalue weighted by atomic mass is 16.5. The van der Waals surface area contributed by atoms with Crippen LogP contribution in [0.2, 0.25) is 0 Å². The van der Waals surface area contributed by atoms with Gasteiger partial charge in [0.15, 0.2) is 0 Å². The Bertz CT molecular complexity index is 1410. The van der Waals surface area contributed by atoms with Gasteiger partial charge in [0.1, 0.15) is 0 Å². The summed E-state index contributed by atoms with van der Waals surface area (Å²) in [5, 5.41) is 3.38. The van der Waals surface area contributed by atoms with E-state index in [1.165, 1.54) is 44.5 Å². The summed E-state index contributed by atoms with van der Waals surface area (Å²) in [4.78, 5) is 8.69. The third-order valence-corrected chi connectivity index (χ3v) is 8.05. The van der Waals surface area contributed by atoms with E-state index < -0.39 is 0 Å². The molecule has 0 bridgehead atoms. The van der Waals surface area contributed by atoms with Crippen LogP contribution in [0.1, 0.15) is 59.0 Å². The number of benzene rings is 2. The van der Waals surface area contributed by atoms with Crippen molar-refractivity contribution in [3.05, 3.63) is 107 Å². The van der Waals surface area contributed by atoms with E-state index in [2.05, 4.69) is 63.8 Å². The second-order valence-electron chi connectivity index (χ2n) is 10.4. The molecule has 0 amide bonds. The van der Waals surface area contributed by atoms with E-state index in [0.717, 1.165) is 44.4 Å². The lowest BCUT2D eigenvalue weighted by Crippen LogP contribution is -2.21. The van der Waals surface area contributed by atoms with Gasteiger partial charge in [-0.25, -0.2) is 0 Å². The minimum atomic E-state index is -0.0875. The molecule has 6 rings (SSSR count). The predicted molar refractivity (Wildman–Crippen MR) is 154 cm³/mol. The fourth-order valence-electron chi connectivity index (χ4n) is 6.31. The molecule has 39 heavy (non-hydrogen) atoms. The van der Waals surface area contributed by atoms with Crippen molar-refractivity contribution < 1.29 is 9.47 Å². The third kappa shape index (κ3) is 5.13. The number of fused-ring (bicyclic) bond motifs is 2. The Morgan fingerprint density at radius 1 is 0.846 bits per heavy atom. The molecule has 6 nitrogen and oxygen atoms in total. The molecule has 3 N–H and O–H groups in total. The van der Waals surface area contributed by atoms with Crippen molar-refractivity contribution in [3.8, 4) is 22.3 Å². The molecule has 0 fully saturated rings. The number of nitrogens with two attached hydrogens (primary N) is 1. The van der Waals surface area contributed by atoms with Crippen LogP contribution >= 0.6 is 0 Å². The Labute approximate surface area is 230 Å². The van der Waals surface area contributed by atoms with Crippen molar-refractivity contribution in [1.29, 1.82) is 0 Å². The highest BCUT2D eigenvalue weighted by molar-refractivity contribution is 5.74. The smallest absolute Gasteiger partial charge is 0.0960 e. The SMILES string of the molecule is CNC[C@@H]1OC(c2ccc3c(c2-c2ccncc2)CCCO[C@@H]3CN)CCc2c(-c3cccnc3)cccc21. The van der Waals surface area contributed by atoms with Crippen LogP contribution in [0.25, 0.3) is 22.3 Å². The Hall–Kier alpha value is -3.42. The largest absolute Gasteiger partial charge is 0.372 e. The molecule has 6 heteroatoms. The maximum absolute atomic E-state index is 7.04. The number of hydrogen-bond acceptors (Lipinski definition) is 6. The number of nitrogens with one attached hydrogen (secondary N) is 1. The first-order valence-electron chi connectivity index (χ1n) is 14.0. The van der Waals surface area contributed by atoms with E-state index in [1.807, 2.05) is 37.9 Å². The number of rotatable bonds is 6. The molecule has 0 radical (unpaired) electrons. The van der Waals surface area contributed by atoms with Crippen LogP contribution in [0, 0.1) is 0 Å². The molecule has 4 aromatic rings. The van der Waals surface area contributed by atoms with Gasteiger partial charge < -0.3 is 20.5 Å². The summed E-state index contributed by atoms with van der Waals surface area (Å²) in [6.45, 7) is 1.93. The zero-order valence-corrected chi connectivity index (χ0v) is 22.5. The van der Waals surface area contributed by atoms with Gasteiger partial charge in [0, 0.05) is 50.0 Å². The molecule has 2 aromatic heterocycles. The lowest BCUT2D eigenvalue weighted by Gasteiger charge is -2.28. The van der Waals surface area contributed by atoms with Crippen molar-refractivity contribution in [1.82, 2.24) is 15.3 Å². The maximum atomic E-state index is 7.04. The molecule has 2 aliphatic rings. The average molecular weight is 521 g/mol. The monoisotopic (exact) mass is 520 g/mol. The molecule has 0 spiro atoms. The van der Waals surface area contributed by atoms with Crippen LogP contribution in [-0.4, -0.2) is 36.7 Å². The van der Waals surface area contributed by atoms with Gasteiger partial charge >= 0.3 is 0 Å². The summed E-state index contributed by atoms with van der Waals surface area (Å²) >= 11 is 0. The number of ether oxygens (including phenoxy) is 2. The second kappa shape index (κ2) is 11.8. The summed E-state index contributed by atoms with van der Waals surface area (Å²) in [5.41, 5.74) is 17.3. The van der Waals surface area contributed by atoms with Crippen molar-refractivity contribution in [2.75, 3.05) is 26.7 Å². The number of likely N-dealkylation sites (N-methyl/N-ethyl adjacent to an activating group) is 1. The van der Waals surface area contributed by atoms with E-state index in [-0.39, 0.29) is 18.3 Å². The first kappa shape index (κ1) is 25.8. The number of pyridine rings is 2. The standard InChI is InChI=1S/C33H36N4O2/c1-35-21-32-26-7-2-6-24(23-5-3-15-37-20-23)25(26)11-12-30(39-32)29-10-9-27-28(8-4-18-38-31(27)19-34)33(29)22-13-16-36-17-14-22/h2-3,5-7,9-10,13-17,20,30-32,35H,4,8,11-12,18-19,21,34H2,1H3/t30?,31-,32+/m1/s1. The maximum Gasteiger partial charge on any atom is 0.0960 e. The number of hydrogen-bond donors (Lipinski definition) is 2. The summed E-state index contributed by atoms with van der Waals surface area (Å²) in [6, 6.07) is 19.4. The van der Waals surface area contributed by atoms with Crippen LogP contribution in [0.15, 0.2) is 79.4 Å². The molecule has 2 aliphatic heterocycles. The van der Waals surface area contributed by atoms with Gasteiger partial charge in [-0.05, 0) is 95.4 Å². The Morgan fingerprint density at radius 2 is 1.69 bits per heavy atom. The quantitative estimate of drug-likeness (QED) is 0.338. The van der Waals surface area contributed by atoms with Gasteiger partial charge in [-0.3, -0.25) is 9.97 Å². The zero-order valence-electron chi connectivity index (χ0n) is 22.5. The van der Waals surface area contributed by atoms with Crippen molar-refractivity contribution in [2.24, 2.45) is 5.73 Å². The normalized spacial score (nSPS) is 20.9. The number of aromatic nitrogens is 2. The minimum Gasteiger partial charge on any atom is -0.372 e. The predicted octanol–water partition coefficient (Wildman–Crippen LogP) is 5.74. The van der Waals surface area contributed by atoms with E-state index in [9.17, 15) is 0 Å². The number of nitrogens with zero attached hydrogens (tertiary/aromatic N) is 2. The van der Waals surface area contributed by atoms with Gasteiger partial charge in [-0.1, -0.05) is 36.4 Å². The second-order valence-corrected chi connectivity index (χ2v) is 10.4. The van der Waals surface area contributed by atoms with Gasteiger partial charge in [0.2, 0.25) is 0 Å². The van der Waals surface area contributed by atoms with E-state index in [1.54, 1.807) is 0 Å². The first-order chi connectivity index (χ1) is 19.3. The van der Waals surface area contributed by atoms with Crippen LogP contribution < -0.4 is 11.1 Å². The van der Waals surface area contributed by atoms with E-state index >= 15 is 0 Å². The third-order valence-electron chi connectivity index (χ3n) is 8.05. The van der Waals surface area contributed by atoms with Gasteiger partial charge in [0.25, 0.3) is 0 Å². The summed E-state index contributed by atoms with van der Waals surface area (Å²) < 4.78 is 13.2. The van der Waals surface area contributed by atoms with E-state index in [0.29, 0.717) is 6.54 Å². The van der Waals surface area contributed by atoms with Crippen LogP contribution in [0.3, 0.4) is 0 Å². The molecule has 4 heterocycles. The molecule has 1 unspecified atom stereocenters. The Morgan fingerprint density at radius 3 is 2.49 bits per heavy atom. The van der Waals surface area contributed by atoms with Gasteiger partial charge in [-0.2, -0.15) is 0 Å². The first-order valence-corrected chi connectivity index (χ1v) is 14.0. The van der Waals surface area contributed by atoms with Gasteiger partial charge in [-0.15, -0.1) is 0 Å². The van der Waals surface area contributed by atoms with Crippen LogP contribution in [-0.2, 0) is 22.3 Å². The topological polar surface area (TPSA) is 82.3 Å². The molecule has 3 atom stereocenters. The van der Waals surface area contributed by atoms with Crippen molar-refractivity contribution >= 4 is 0 Å². The molecule has 2 aromatic carbocycles. The average Bonchev–Trinajstić information content (AvgIpc) is 3.32. The molecule has 0 saturated carbocycles. The highest BCUT2D eigenvalue weighted by Gasteiger charge is 2.31. The zero-order chi connectivity index (χ0) is 26.6. The molecule has 0 saturated heterocycles. The molecular weight excluding hydrogens is 484 g/mol. The summed E-state index contributed by atoms with van der Waals surface area (Å²) in [7, 11) is 1.99. The fourth-order valence-corrected chi connectivity index (χ4v) is 6.31. The lowest BCUT2D eigenvalue weighted by atomic mass is 9.84. The summed E-state index contributed by atoms with van der Waals surface area (Å²) in [5.74, 6) is 0. The molecule has 0 aliphatic carbocycles. The highest BCUT2D eigenvalue weighted by Crippen LogP contribution is 2.45. The summed E-state index contributed by atoms with van der Waals surface area (Å²) in [6.07, 6.45) is 11.0.